The lowest BCUT2D eigenvalue weighted by Crippen LogP contribution is -2.30. The number of anilines is 1. The van der Waals surface area contributed by atoms with Crippen molar-refractivity contribution in [2.45, 2.75) is 30.6 Å². The Bertz CT molecular complexity index is 1160. The molecule has 1 aliphatic rings. The first-order chi connectivity index (χ1) is 14.0. The molecule has 1 aliphatic heterocycles. The molecule has 1 aromatic heterocycles. The van der Waals surface area contributed by atoms with Crippen LogP contribution in [-0.4, -0.2) is 31.7 Å². The second-order valence-corrected chi connectivity index (χ2v) is 8.65. The number of hydrogen-bond donors (Lipinski definition) is 3. The molecule has 0 fully saturated rings. The normalized spacial score (nSPS) is 14.8. The van der Waals surface area contributed by atoms with Gasteiger partial charge in [0.15, 0.2) is 0 Å². The molecule has 2 aromatic carbocycles. The number of fused-ring (bicyclic) bond motifs is 1. The first kappa shape index (κ1) is 19.2. The topological polar surface area (TPSA) is 103 Å². The molecule has 0 aliphatic carbocycles. The Morgan fingerprint density at radius 3 is 2.62 bits per heavy atom. The van der Waals surface area contributed by atoms with Crippen LogP contribution in [0.15, 0.2) is 64.6 Å². The lowest BCUT2D eigenvalue weighted by Gasteiger charge is -2.10. The minimum absolute atomic E-state index is 0.134. The maximum absolute atomic E-state index is 12.6. The summed E-state index contributed by atoms with van der Waals surface area (Å²) in [5.41, 5.74) is 1.93. The zero-order valence-electron chi connectivity index (χ0n) is 15.8. The molecule has 0 unspecified atom stereocenters. The molecule has 29 heavy (non-hydrogen) atoms. The van der Waals surface area contributed by atoms with E-state index >= 15 is 0 Å². The lowest BCUT2D eigenvalue weighted by molar-refractivity contribution is 0.102. The van der Waals surface area contributed by atoms with Crippen molar-refractivity contribution in [2.75, 3.05) is 11.9 Å². The van der Waals surface area contributed by atoms with Gasteiger partial charge < -0.3 is 10.3 Å². The second-order valence-electron chi connectivity index (χ2n) is 6.97. The number of nitrogens with one attached hydrogen (secondary N) is 3. The fourth-order valence-corrected chi connectivity index (χ4v) is 4.44. The molecule has 1 amide bonds. The van der Waals surface area contributed by atoms with Crippen LogP contribution < -0.4 is 10.0 Å². The van der Waals surface area contributed by atoms with E-state index in [9.17, 15) is 13.2 Å². The van der Waals surface area contributed by atoms with Crippen molar-refractivity contribution in [3.63, 3.8) is 0 Å². The molecule has 0 spiro atoms. The van der Waals surface area contributed by atoms with Gasteiger partial charge >= 0.3 is 0 Å². The fourth-order valence-electron chi connectivity index (χ4n) is 3.35. The number of benzene rings is 2. The molecule has 3 N–H and O–H groups in total. The van der Waals surface area contributed by atoms with E-state index in [0.29, 0.717) is 30.1 Å². The van der Waals surface area contributed by atoms with Gasteiger partial charge in [-0.3, -0.25) is 14.5 Å². The van der Waals surface area contributed by atoms with Gasteiger partial charge in [-0.05, 0) is 43.2 Å². The maximum Gasteiger partial charge on any atom is 0.262 e. The summed E-state index contributed by atoms with van der Waals surface area (Å²) in [7, 11) is -3.69. The van der Waals surface area contributed by atoms with Gasteiger partial charge in [-0.15, -0.1) is 0 Å². The van der Waals surface area contributed by atoms with E-state index < -0.39 is 10.0 Å². The number of aromatic amines is 1. The molecule has 0 radical (unpaired) electrons. The van der Waals surface area contributed by atoms with Gasteiger partial charge in [0, 0.05) is 35.8 Å². The Morgan fingerprint density at radius 1 is 1.00 bits per heavy atom. The Hall–Kier alpha value is -3.13. The number of aromatic nitrogens is 1. The third-order valence-electron chi connectivity index (χ3n) is 4.88. The number of carbonyl (C=O) groups excluding carboxylic acids is 1. The molecular formula is C21H22N4O3S. The molecule has 8 heteroatoms. The molecule has 0 saturated carbocycles. The molecule has 150 valence electrons. The molecule has 0 atom stereocenters. The van der Waals surface area contributed by atoms with Crippen molar-refractivity contribution in [2.24, 2.45) is 4.99 Å². The smallest absolute Gasteiger partial charge is 0.262 e. The summed E-state index contributed by atoms with van der Waals surface area (Å²) < 4.78 is 27.8. The highest BCUT2D eigenvalue weighted by molar-refractivity contribution is 7.90. The largest absolute Gasteiger partial charge is 0.360 e. The molecule has 2 heterocycles. The third-order valence-corrected chi connectivity index (χ3v) is 6.28. The van der Waals surface area contributed by atoms with Crippen molar-refractivity contribution in [3.05, 3.63) is 60.3 Å². The Kier molecular flexibility index (Phi) is 5.35. The quantitative estimate of drug-likeness (QED) is 0.611. The SMILES string of the molecule is O=C(Nc1ccc(S(=O)(=O)NC2=NCCCCC2)cc1)c1c[nH]c2ccccc12. The minimum atomic E-state index is -3.69. The van der Waals surface area contributed by atoms with E-state index in [4.69, 9.17) is 0 Å². The zero-order valence-corrected chi connectivity index (χ0v) is 16.6. The van der Waals surface area contributed by atoms with Crippen LogP contribution in [-0.2, 0) is 10.0 Å². The van der Waals surface area contributed by atoms with Gasteiger partial charge in [0.1, 0.15) is 5.84 Å². The summed E-state index contributed by atoms with van der Waals surface area (Å²) in [5, 5.41) is 3.64. The van der Waals surface area contributed by atoms with Gasteiger partial charge in [-0.2, -0.15) is 0 Å². The summed E-state index contributed by atoms with van der Waals surface area (Å²) >= 11 is 0. The number of amidine groups is 1. The highest BCUT2D eigenvalue weighted by Crippen LogP contribution is 2.20. The van der Waals surface area contributed by atoms with E-state index in [1.165, 1.54) is 12.1 Å². The Labute approximate surface area is 169 Å². The van der Waals surface area contributed by atoms with Crippen LogP contribution in [0.1, 0.15) is 36.0 Å². The number of hydrogen-bond acceptors (Lipinski definition) is 4. The van der Waals surface area contributed by atoms with E-state index in [0.717, 1.165) is 30.2 Å². The summed E-state index contributed by atoms with van der Waals surface area (Å²) in [6.45, 7) is 0.649. The van der Waals surface area contributed by atoms with Gasteiger partial charge in [0.2, 0.25) is 0 Å². The Morgan fingerprint density at radius 2 is 1.79 bits per heavy atom. The molecule has 0 saturated heterocycles. The molecule has 4 rings (SSSR count). The molecule has 3 aromatic rings. The Balaban J connectivity index is 1.47. The van der Waals surface area contributed by atoms with Crippen molar-refractivity contribution >= 4 is 38.4 Å². The zero-order chi connectivity index (χ0) is 20.3. The van der Waals surface area contributed by atoms with Crippen molar-refractivity contribution in [1.29, 1.82) is 0 Å². The van der Waals surface area contributed by atoms with Gasteiger partial charge in [-0.1, -0.05) is 24.6 Å². The van der Waals surface area contributed by atoms with E-state index in [-0.39, 0.29) is 10.8 Å². The van der Waals surface area contributed by atoms with E-state index in [1.54, 1.807) is 18.3 Å². The second kappa shape index (κ2) is 8.08. The average Bonchev–Trinajstić information content (AvgIpc) is 2.99. The standard InChI is InChI=1S/C21H22N4O3S/c26-21(18-14-23-19-7-4-3-6-17(18)19)24-15-9-11-16(12-10-15)29(27,28)25-20-8-2-1-5-13-22-20/h3-4,6-7,9-12,14,23H,1-2,5,8,13H2,(H,22,25)(H,24,26). The summed E-state index contributed by atoms with van der Waals surface area (Å²) in [6.07, 6.45) is 5.27. The number of H-pyrrole nitrogens is 1. The summed E-state index contributed by atoms with van der Waals surface area (Å²) in [4.78, 5) is 20.1. The first-order valence-electron chi connectivity index (χ1n) is 9.57. The maximum atomic E-state index is 12.6. The van der Waals surface area contributed by atoms with Crippen molar-refractivity contribution in [1.82, 2.24) is 9.71 Å². The molecule has 7 nitrogen and oxygen atoms in total. The van der Waals surface area contributed by atoms with Gasteiger partial charge in [0.25, 0.3) is 15.9 Å². The molecule has 0 bridgehead atoms. The van der Waals surface area contributed by atoms with Crippen LogP contribution in [0.25, 0.3) is 10.9 Å². The predicted molar refractivity (Wildman–Crippen MR) is 114 cm³/mol. The number of amides is 1. The van der Waals surface area contributed by atoms with Crippen molar-refractivity contribution < 1.29 is 13.2 Å². The van der Waals surface area contributed by atoms with Crippen LogP contribution in [0, 0.1) is 0 Å². The van der Waals surface area contributed by atoms with Gasteiger partial charge in [-0.25, -0.2) is 8.42 Å². The first-order valence-corrected chi connectivity index (χ1v) is 11.0. The predicted octanol–water partition coefficient (Wildman–Crippen LogP) is 3.67. The number of para-hydroxylation sites is 1. The minimum Gasteiger partial charge on any atom is -0.360 e. The monoisotopic (exact) mass is 410 g/mol. The van der Waals surface area contributed by atoms with E-state index in [1.807, 2.05) is 24.3 Å². The number of carbonyl (C=O) groups is 1. The summed E-state index contributed by atoms with van der Waals surface area (Å²) in [5.74, 6) is 0.253. The van der Waals surface area contributed by atoms with Crippen LogP contribution in [0.5, 0.6) is 0 Å². The van der Waals surface area contributed by atoms with Crippen LogP contribution in [0.4, 0.5) is 5.69 Å². The van der Waals surface area contributed by atoms with Crippen LogP contribution in [0.3, 0.4) is 0 Å². The van der Waals surface area contributed by atoms with Crippen LogP contribution >= 0.6 is 0 Å². The number of sulfonamides is 1. The number of aliphatic imine (C=N–C) groups is 1. The fraction of sp³-hybridized carbons (Fsp3) is 0.238. The van der Waals surface area contributed by atoms with Crippen molar-refractivity contribution in [3.8, 4) is 0 Å². The highest BCUT2D eigenvalue weighted by atomic mass is 32.2. The third kappa shape index (κ3) is 4.32. The number of nitrogens with zero attached hydrogens (tertiary/aromatic N) is 1. The summed E-state index contributed by atoms with van der Waals surface area (Å²) in [6, 6.07) is 13.7. The van der Waals surface area contributed by atoms with Gasteiger partial charge in [0.05, 0.1) is 10.5 Å². The van der Waals surface area contributed by atoms with Crippen LogP contribution in [0.2, 0.25) is 0 Å². The van der Waals surface area contributed by atoms with E-state index in [2.05, 4.69) is 20.0 Å². The highest BCUT2D eigenvalue weighted by Gasteiger charge is 2.18. The molecular weight excluding hydrogens is 388 g/mol. The number of rotatable bonds is 4. The lowest BCUT2D eigenvalue weighted by atomic mass is 10.1. The average molecular weight is 410 g/mol.